The van der Waals surface area contributed by atoms with Crippen molar-refractivity contribution in [2.75, 3.05) is 26.8 Å². The van der Waals surface area contributed by atoms with Crippen molar-refractivity contribution in [2.24, 2.45) is 0 Å². The Hall–Kier alpha value is -1.90. The average Bonchev–Trinajstić information content (AvgIpc) is 2.47. The number of methoxy groups -OCH3 is 1. The molecule has 1 aromatic heterocycles. The summed E-state index contributed by atoms with van der Waals surface area (Å²) < 4.78 is 47.9. The van der Waals surface area contributed by atoms with Gasteiger partial charge in [-0.1, -0.05) is 0 Å². The number of piperidine rings is 1. The Labute approximate surface area is 125 Å². The molecule has 6 nitrogen and oxygen atoms in total. The summed E-state index contributed by atoms with van der Waals surface area (Å²) in [5.74, 6) is -0.180. The second kappa shape index (κ2) is 6.91. The molecule has 0 radical (unpaired) electrons. The van der Waals surface area contributed by atoms with E-state index in [4.69, 9.17) is 9.47 Å². The van der Waals surface area contributed by atoms with Gasteiger partial charge in [-0.05, 0) is 18.9 Å². The number of aromatic nitrogens is 2. The minimum absolute atomic E-state index is 0.0349. The molecule has 122 valence electrons. The lowest BCUT2D eigenvalue weighted by atomic mass is 10.1. The van der Waals surface area contributed by atoms with Gasteiger partial charge in [-0.3, -0.25) is 4.79 Å². The molecule has 1 unspecified atom stereocenters. The maximum Gasteiger partial charge on any atom is 0.433 e. The highest BCUT2D eigenvalue weighted by Gasteiger charge is 2.33. The number of rotatable bonds is 4. The highest BCUT2D eigenvalue weighted by molar-refractivity contribution is 5.77. The lowest BCUT2D eigenvalue weighted by Gasteiger charge is -2.32. The van der Waals surface area contributed by atoms with Crippen molar-refractivity contribution in [2.45, 2.75) is 25.1 Å². The quantitative estimate of drug-likeness (QED) is 0.842. The zero-order valence-corrected chi connectivity index (χ0v) is 12.0. The van der Waals surface area contributed by atoms with Gasteiger partial charge < -0.3 is 14.4 Å². The lowest BCUT2D eigenvalue weighted by Crippen LogP contribution is -2.45. The van der Waals surface area contributed by atoms with E-state index in [-0.39, 0.29) is 25.1 Å². The van der Waals surface area contributed by atoms with Gasteiger partial charge in [0.1, 0.15) is 12.7 Å². The Kier molecular flexibility index (Phi) is 5.17. The van der Waals surface area contributed by atoms with E-state index in [0.29, 0.717) is 19.4 Å². The first kappa shape index (κ1) is 16.5. The second-order valence-electron chi connectivity index (χ2n) is 4.88. The van der Waals surface area contributed by atoms with Crippen LogP contribution in [-0.4, -0.2) is 53.7 Å². The molecule has 1 saturated heterocycles. The van der Waals surface area contributed by atoms with Gasteiger partial charge in [0.05, 0.1) is 6.54 Å². The number of nitrogens with zero attached hydrogens (tertiary/aromatic N) is 3. The molecule has 22 heavy (non-hydrogen) atoms. The minimum atomic E-state index is -4.55. The fourth-order valence-corrected chi connectivity index (χ4v) is 2.18. The normalized spacial score (nSPS) is 19.1. The zero-order chi connectivity index (χ0) is 16.2. The molecule has 1 atom stereocenters. The molecular weight excluding hydrogens is 303 g/mol. The first-order valence-corrected chi connectivity index (χ1v) is 6.73. The molecule has 0 aromatic carbocycles. The Morgan fingerprint density at radius 1 is 1.50 bits per heavy atom. The maximum atomic E-state index is 12.6. The Morgan fingerprint density at radius 2 is 2.27 bits per heavy atom. The smallest absolute Gasteiger partial charge is 0.433 e. The largest absolute Gasteiger partial charge is 0.458 e. The van der Waals surface area contributed by atoms with Crippen molar-refractivity contribution in [3.8, 4) is 6.01 Å². The number of hydrogen-bond donors (Lipinski definition) is 0. The SMILES string of the molecule is COCC(=O)N1CCCC(Oc2nccc(C(F)(F)F)n2)C1. The first-order valence-electron chi connectivity index (χ1n) is 6.73. The molecule has 0 aliphatic carbocycles. The van der Waals surface area contributed by atoms with E-state index in [0.717, 1.165) is 12.3 Å². The van der Waals surface area contributed by atoms with Crippen LogP contribution in [0.25, 0.3) is 0 Å². The van der Waals surface area contributed by atoms with Crippen molar-refractivity contribution in [1.82, 2.24) is 14.9 Å². The van der Waals surface area contributed by atoms with Crippen molar-refractivity contribution in [3.63, 3.8) is 0 Å². The third-order valence-electron chi connectivity index (χ3n) is 3.19. The van der Waals surface area contributed by atoms with Gasteiger partial charge in [-0.2, -0.15) is 18.2 Å². The van der Waals surface area contributed by atoms with Crippen LogP contribution in [0.3, 0.4) is 0 Å². The summed E-state index contributed by atoms with van der Waals surface area (Å²) in [6, 6.07) is 0.447. The molecule has 1 aromatic rings. The van der Waals surface area contributed by atoms with Crippen LogP contribution >= 0.6 is 0 Å². The van der Waals surface area contributed by atoms with Crippen LogP contribution < -0.4 is 4.74 Å². The molecular formula is C13H16F3N3O3. The summed E-state index contributed by atoms with van der Waals surface area (Å²) in [7, 11) is 1.42. The van der Waals surface area contributed by atoms with Crippen LogP contribution in [-0.2, 0) is 15.7 Å². The molecule has 1 aliphatic heterocycles. The third kappa shape index (κ3) is 4.30. The number of alkyl halides is 3. The summed E-state index contributed by atoms with van der Waals surface area (Å²) in [4.78, 5) is 20.4. The summed E-state index contributed by atoms with van der Waals surface area (Å²) in [5, 5.41) is 0. The van der Waals surface area contributed by atoms with E-state index < -0.39 is 18.0 Å². The number of amides is 1. The van der Waals surface area contributed by atoms with Crippen LogP contribution in [0.15, 0.2) is 12.3 Å². The summed E-state index contributed by atoms with van der Waals surface area (Å²) in [6.45, 7) is 0.820. The zero-order valence-electron chi connectivity index (χ0n) is 12.0. The molecule has 0 spiro atoms. The molecule has 1 aliphatic rings. The van der Waals surface area contributed by atoms with E-state index in [1.165, 1.54) is 7.11 Å². The molecule has 0 N–H and O–H groups in total. The van der Waals surface area contributed by atoms with Crippen LogP contribution in [0.4, 0.5) is 13.2 Å². The van der Waals surface area contributed by atoms with E-state index in [9.17, 15) is 18.0 Å². The molecule has 2 heterocycles. The molecule has 0 bridgehead atoms. The monoisotopic (exact) mass is 319 g/mol. The second-order valence-corrected chi connectivity index (χ2v) is 4.88. The Morgan fingerprint density at radius 3 is 2.95 bits per heavy atom. The Bertz CT molecular complexity index is 525. The fraction of sp³-hybridized carbons (Fsp3) is 0.615. The lowest BCUT2D eigenvalue weighted by molar-refractivity contribution is -0.141. The number of hydrogen-bond acceptors (Lipinski definition) is 5. The number of halogens is 3. The summed E-state index contributed by atoms with van der Waals surface area (Å²) >= 11 is 0. The number of ether oxygens (including phenoxy) is 2. The number of likely N-dealkylation sites (tertiary alicyclic amines) is 1. The van der Waals surface area contributed by atoms with E-state index >= 15 is 0 Å². The number of carbonyl (C=O) groups excluding carboxylic acids is 1. The molecule has 1 fully saturated rings. The average molecular weight is 319 g/mol. The third-order valence-corrected chi connectivity index (χ3v) is 3.19. The fourth-order valence-electron chi connectivity index (χ4n) is 2.18. The van der Waals surface area contributed by atoms with Gasteiger partial charge in [-0.25, -0.2) is 4.98 Å². The summed E-state index contributed by atoms with van der Waals surface area (Å²) in [6.07, 6.45) is -2.66. The topological polar surface area (TPSA) is 64.5 Å². The standard InChI is InChI=1S/C13H16F3N3O3/c1-21-8-11(20)19-6-2-3-9(7-19)22-12-17-5-4-10(18-12)13(14,15)16/h4-5,9H,2-3,6-8H2,1H3. The minimum Gasteiger partial charge on any atom is -0.458 e. The predicted octanol–water partition coefficient (Wildman–Crippen LogP) is 1.51. The van der Waals surface area contributed by atoms with Crippen LogP contribution in [0, 0.1) is 0 Å². The molecule has 0 saturated carbocycles. The highest BCUT2D eigenvalue weighted by Crippen LogP contribution is 2.28. The van der Waals surface area contributed by atoms with E-state index in [1.807, 2.05) is 0 Å². The first-order chi connectivity index (χ1) is 10.4. The van der Waals surface area contributed by atoms with Crippen molar-refractivity contribution >= 4 is 5.91 Å². The van der Waals surface area contributed by atoms with Crippen molar-refractivity contribution < 1.29 is 27.4 Å². The maximum absolute atomic E-state index is 12.6. The Balaban J connectivity index is 2.00. The van der Waals surface area contributed by atoms with Crippen molar-refractivity contribution in [1.29, 1.82) is 0 Å². The van der Waals surface area contributed by atoms with Crippen LogP contribution in [0.5, 0.6) is 6.01 Å². The highest BCUT2D eigenvalue weighted by atomic mass is 19.4. The molecule has 9 heteroatoms. The van der Waals surface area contributed by atoms with Crippen molar-refractivity contribution in [3.05, 3.63) is 18.0 Å². The summed E-state index contributed by atoms with van der Waals surface area (Å²) in [5.41, 5.74) is -1.05. The van der Waals surface area contributed by atoms with Crippen LogP contribution in [0.1, 0.15) is 18.5 Å². The van der Waals surface area contributed by atoms with Crippen LogP contribution in [0.2, 0.25) is 0 Å². The predicted molar refractivity (Wildman–Crippen MR) is 69.1 cm³/mol. The molecule has 2 rings (SSSR count). The van der Waals surface area contributed by atoms with Gasteiger partial charge in [0.2, 0.25) is 5.91 Å². The van der Waals surface area contributed by atoms with E-state index in [2.05, 4.69) is 9.97 Å². The number of carbonyl (C=O) groups is 1. The van der Waals surface area contributed by atoms with Gasteiger partial charge in [0, 0.05) is 19.9 Å². The van der Waals surface area contributed by atoms with Gasteiger partial charge in [0.15, 0.2) is 5.69 Å². The van der Waals surface area contributed by atoms with Gasteiger partial charge in [0.25, 0.3) is 0 Å². The van der Waals surface area contributed by atoms with Gasteiger partial charge >= 0.3 is 12.2 Å². The molecule has 1 amide bonds. The van der Waals surface area contributed by atoms with Gasteiger partial charge in [-0.15, -0.1) is 0 Å². The van der Waals surface area contributed by atoms with E-state index in [1.54, 1.807) is 4.90 Å².